The summed E-state index contributed by atoms with van der Waals surface area (Å²) in [5.74, 6) is 0.349. The van der Waals surface area contributed by atoms with Crippen LogP contribution in [-0.2, 0) is 16.0 Å². The van der Waals surface area contributed by atoms with E-state index in [1.165, 1.54) is 0 Å². The van der Waals surface area contributed by atoms with Gasteiger partial charge in [-0.1, -0.05) is 24.3 Å². The summed E-state index contributed by atoms with van der Waals surface area (Å²) in [4.78, 5) is 9.99. The lowest BCUT2D eigenvalue weighted by Gasteiger charge is -2.17. The topological polar surface area (TPSA) is 58.6 Å². The minimum atomic E-state index is -0.205. The molecule has 1 saturated heterocycles. The SMILES string of the molecule is C=CCc1ccccc1O.O=CC1CNCCO1. The molecular weight excluding hydrogens is 230 g/mol. The minimum Gasteiger partial charge on any atom is -0.508 e. The standard InChI is InChI=1S/C9H10O.C5H9NO2/c1-2-5-8-6-3-4-7-9(8)10;7-4-5-3-6-1-2-8-5/h2-4,6-7,10H,1,5H2;4-6H,1-3H2. The van der Waals surface area contributed by atoms with Crippen molar-refractivity contribution in [3.8, 4) is 5.75 Å². The number of hydrogen-bond donors (Lipinski definition) is 2. The number of ether oxygens (including phenoxy) is 1. The third-order valence-electron chi connectivity index (χ3n) is 2.46. The first-order chi connectivity index (χ1) is 8.77. The van der Waals surface area contributed by atoms with Gasteiger partial charge in [-0.15, -0.1) is 6.58 Å². The molecule has 0 spiro atoms. The van der Waals surface area contributed by atoms with E-state index >= 15 is 0 Å². The highest BCUT2D eigenvalue weighted by atomic mass is 16.5. The maximum Gasteiger partial charge on any atom is 0.150 e. The molecule has 0 bridgehead atoms. The van der Waals surface area contributed by atoms with Crippen LogP contribution < -0.4 is 5.32 Å². The Morgan fingerprint density at radius 1 is 1.50 bits per heavy atom. The summed E-state index contributed by atoms with van der Waals surface area (Å²) >= 11 is 0. The largest absolute Gasteiger partial charge is 0.508 e. The van der Waals surface area contributed by atoms with Crippen LogP contribution >= 0.6 is 0 Å². The van der Waals surface area contributed by atoms with Gasteiger partial charge in [0.1, 0.15) is 18.1 Å². The minimum absolute atomic E-state index is 0.205. The smallest absolute Gasteiger partial charge is 0.150 e. The predicted octanol–water partition coefficient (Wildman–Crippen LogP) is 1.29. The van der Waals surface area contributed by atoms with Gasteiger partial charge in [-0.2, -0.15) is 0 Å². The Morgan fingerprint density at radius 3 is 2.78 bits per heavy atom. The van der Waals surface area contributed by atoms with E-state index in [2.05, 4.69) is 11.9 Å². The summed E-state index contributed by atoms with van der Waals surface area (Å²) in [6.07, 6.45) is 3.12. The molecule has 1 unspecified atom stereocenters. The third kappa shape index (κ3) is 5.12. The lowest BCUT2D eigenvalue weighted by Crippen LogP contribution is -2.39. The highest BCUT2D eigenvalue weighted by Gasteiger charge is 2.09. The maximum absolute atomic E-state index is 9.99. The van der Waals surface area contributed by atoms with Crippen molar-refractivity contribution in [1.29, 1.82) is 0 Å². The molecule has 1 aromatic carbocycles. The summed E-state index contributed by atoms with van der Waals surface area (Å²) in [7, 11) is 0. The van der Waals surface area contributed by atoms with Gasteiger partial charge in [0.2, 0.25) is 0 Å². The Labute approximate surface area is 107 Å². The van der Waals surface area contributed by atoms with E-state index in [1.807, 2.05) is 18.2 Å². The van der Waals surface area contributed by atoms with Crippen LogP contribution in [0.2, 0.25) is 0 Å². The average molecular weight is 249 g/mol. The van der Waals surface area contributed by atoms with Crippen molar-refractivity contribution in [1.82, 2.24) is 5.32 Å². The van der Waals surface area contributed by atoms with Crippen molar-refractivity contribution in [2.24, 2.45) is 0 Å². The van der Waals surface area contributed by atoms with Crippen molar-refractivity contribution >= 4 is 6.29 Å². The van der Waals surface area contributed by atoms with Gasteiger partial charge in [-0.05, 0) is 18.1 Å². The Bertz CT molecular complexity index is 373. The molecule has 4 heteroatoms. The second kappa shape index (κ2) is 8.44. The highest BCUT2D eigenvalue weighted by Crippen LogP contribution is 2.15. The number of aromatic hydroxyl groups is 1. The first kappa shape index (κ1) is 14.4. The summed E-state index contributed by atoms with van der Waals surface area (Å²) < 4.78 is 5.00. The second-order valence-corrected chi connectivity index (χ2v) is 3.87. The number of nitrogens with one attached hydrogen (secondary N) is 1. The van der Waals surface area contributed by atoms with Gasteiger partial charge in [0.15, 0.2) is 0 Å². The number of rotatable bonds is 3. The number of morpholine rings is 1. The normalized spacial score (nSPS) is 18.3. The number of aldehydes is 1. The van der Waals surface area contributed by atoms with Gasteiger partial charge < -0.3 is 20.0 Å². The first-order valence-corrected chi connectivity index (χ1v) is 5.93. The van der Waals surface area contributed by atoms with Gasteiger partial charge in [0, 0.05) is 13.1 Å². The number of phenolic OH excluding ortho intramolecular Hbond substituents is 1. The zero-order chi connectivity index (χ0) is 13.2. The van der Waals surface area contributed by atoms with Crippen LogP contribution in [0.4, 0.5) is 0 Å². The van der Waals surface area contributed by atoms with Crippen molar-refractivity contribution in [2.45, 2.75) is 12.5 Å². The Morgan fingerprint density at radius 2 is 2.28 bits per heavy atom. The average Bonchev–Trinajstić information content (AvgIpc) is 2.43. The number of benzene rings is 1. The highest BCUT2D eigenvalue weighted by molar-refractivity contribution is 5.56. The van der Waals surface area contributed by atoms with E-state index in [0.29, 0.717) is 18.9 Å². The lowest BCUT2D eigenvalue weighted by atomic mass is 10.1. The van der Waals surface area contributed by atoms with Crippen molar-refractivity contribution in [3.63, 3.8) is 0 Å². The van der Waals surface area contributed by atoms with Crippen LogP contribution in [0.15, 0.2) is 36.9 Å². The zero-order valence-electron chi connectivity index (χ0n) is 10.3. The molecule has 1 heterocycles. The van der Waals surface area contributed by atoms with Gasteiger partial charge in [0.05, 0.1) is 6.61 Å². The van der Waals surface area contributed by atoms with Crippen LogP contribution in [0, 0.1) is 0 Å². The molecule has 0 radical (unpaired) electrons. The van der Waals surface area contributed by atoms with E-state index in [-0.39, 0.29) is 6.10 Å². The molecule has 98 valence electrons. The summed E-state index contributed by atoms with van der Waals surface area (Å²) in [5, 5.41) is 12.2. The zero-order valence-corrected chi connectivity index (χ0v) is 10.3. The molecule has 1 aliphatic heterocycles. The molecule has 0 aromatic heterocycles. The van der Waals surface area contributed by atoms with Crippen LogP contribution in [0.5, 0.6) is 5.75 Å². The number of carbonyl (C=O) groups excluding carboxylic acids is 1. The molecular formula is C14H19NO3. The number of para-hydroxylation sites is 1. The van der Waals surface area contributed by atoms with E-state index in [0.717, 1.165) is 24.8 Å². The van der Waals surface area contributed by atoms with Gasteiger partial charge in [0.25, 0.3) is 0 Å². The van der Waals surface area contributed by atoms with Gasteiger partial charge in [-0.25, -0.2) is 0 Å². The van der Waals surface area contributed by atoms with E-state index in [1.54, 1.807) is 12.1 Å². The van der Waals surface area contributed by atoms with Crippen LogP contribution in [0.25, 0.3) is 0 Å². The Kier molecular flexibility index (Phi) is 6.76. The fourth-order valence-electron chi connectivity index (χ4n) is 1.51. The predicted molar refractivity (Wildman–Crippen MR) is 70.7 cm³/mol. The summed E-state index contributed by atoms with van der Waals surface area (Å²) in [5.41, 5.74) is 0.928. The number of phenols is 1. The van der Waals surface area contributed by atoms with E-state index < -0.39 is 0 Å². The fourth-order valence-corrected chi connectivity index (χ4v) is 1.51. The maximum atomic E-state index is 9.99. The van der Waals surface area contributed by atoms with Crippen LogP contribution in [0.3, 0.4) is 0 Å². The van der Waals surface area contributed by atoms with Gasteiger partial charge >= 0.3 is 0 Å². The molecule has 1 aromatic rings. The lowest BCUT2D eigenvalue weighted by molar-refractivity contribution is -0.119. The molecule has 2 N–H and O–H groups in total. The molecule has 0 saturated carbocycles. The van der Waals surface area contributed by atoms with E-state index in [9.17, 15) is 9.90 Å². The first-order valence-electron chi connectivity index (χ1n) is 5.93. The number of allylic oxidation sites excluding steroid dienone is 1. The molecule has 0 amide bonds. The quantitative estimate of drug-likeness (QED) is 0.626. The second-order valence-electron chi connectivity index (χ2n) is 3.87. The number of hydrogen-bond acceptors (Lipinski definition) is 4. The van der Waals surface area contributed by atoms with Crippen molar-refractivity contribution < 1.29 is 14.6 Å². The molecule has 0 aliphatic carbocycles. The molecule has 1 aliphatic rings. The molecule has 1 fully saturated rings. The molecule has 18 heavy (non-hydrogen) atoms. The van der Waals surface area contributed by atoms with Crippen molar-refractivity contribution in [2.75, 3.05) is 19.7 Å². The summed E-state index contributed by atoms with van der Waals surface area (Å²) in [6.45, 7) is 5.78. The molecule has 1 atom stereocenters. The van der Waals surface area contributed by atoms with Crippen LogP contribution in [-0.4, -0.2) is 37.2 Å². The fraction of sp³-hybridized carbons (Fsp3) is 0.357. The molecule has 2 rings (SSSR count). The Hall–Kier alpha value is -1.65. The van der Waals surface area contributed by atoms with Gasteiger partial charge in [-0.3, -0.25) is 0 Å². The number of carbonyl (C=O) groups is 1. The molecule has 4 nitrogen and oxygen atoms in total. The monoisotopic (exact) mass is 249 g/mol. The third-order valence-corrected chi connectivity index (χ3v) is 2.46. The van der Waals surface area contributed by atoms with Crippen molar-refractivity contribution in [3.05, 3.63) is 42.5 Å². The summed E-state index contributed by atoms with van der Waals surface area (Å²) in [6, 6.07) is 7.27. The Balaban J connectivity index is 0.000000184. The van der Waals surface area contributed by atoms with E-state index in [4.69, 9.17) is 4.74 Å². The van der Waals surface area contributed by atoms with Crippen LogP contribution in [0.1, 0.15) is 5.56 Å².